The van der Waals surface area contributed by atoms with E-state index in [0.29, 0.717) is 0 Å². The summed E-state index contributed by atoms with van der Waals surface area (Å²) >= 11 is 3.80. The molecule has 0 unspecified atom stereocenters. The highest BCUT2D eigenvalue weighted by atomic mass is 79.9. The Labute approximate surface area is 236 Å². The smallest absolute Gasteiger partial charge is 0.0552 e. The zero-order valence-corrected chi connectivity index (χ0v) is 22.8. The van der Waals surface area contributed by atoms with E-state index in [2.05, 4.69) is 177 Å². The molecule has 2 nitrogen and oxygen atoms in total. The van der Waals surface area contributed by atoms with Crippen LogP contribution in [0, 0.1) is 0 Å². The van der Waals surface area contributed by atoms with Crippen molar-refractivity contribution in [3.63, 3.8) is 0 Å². The quantitative estimate of drug-likeness (QED) is 0.202. The first kappa shape index (κ1) is 23.5. The maximum atomic E-state index is 3.80. The summed E-state index contributed by atoms with van der Waals surface area (Å²) < 4.78 is 3.48. The van der Waals surface area contributed by atoms with Crippen molar-refractivity contribution in [2.24, 2.45) is 0 Å². The van der Waals surface area contributed by atoms with E-state index in [0.717, 1.165) is 27.2 Å². The van der Waals surface area contributed by atoms with Gasteiger partial charge in [0.2, 0.25) is 0 Å². The number of nitrogens with zero attached hydrogens (tertiary/aromatic N) is 2. The number of fused-ring (bicyclic) bond motifs is 3. The van der Waals surface area contributed by atoms with Crippen molar-refractivity contribution in [2.45, 2.75) is 0 Å². The average Bonchev–Trinajstić information content (AvgIpc) is 3.34. The van der Waals surface area contributed by atoms with Crippen LogP contribution in [0.1, 0.15) is 0 Å². The van der Waals surface area contributed by atoms with Gasteiger partial charge in [-0.1, -0.05) is 101 Å². The highest BCUT2D eigenvalue weighted by molar-refractivity contribution is 9.10. The first-order valence-corrected chi connectivity index (χ1v) is 13.9. The Morgan fingerprint density at radius 3 is 1.77 bits per heavy atom. The SMILES string of the molecule is Brc1cccc2c1c1ccccc1n2-c1cccc(-c2cccc(N(c3ccccc3)c3ccccc3)c2)c1. The van der Waals surface area contributed by atoms with Crippen molar-refractivity contribution in [1.82, 2.24) is 4.57 Å². The van der Waals surface area contributed by atoms with Gasteiger partial charge < -0.3 is 9.47 Å². The van der Waals surface area contributed by atoms with Crippen molar-refractivity contribution >= 4 is 54.8 Å². The summed E-state index contributed by atoms with van der Waals surface area (Å²) in [5.74, 6) is 0. The average molecular weight is 566 g/mol. The molecule has 0 aliphatic rings. The number of para-hydroxylation sites is 3. The van der Waals surface area contributed by atoms with Crippen LogP contribution in [-0.4, -0.2) is 4.57 Å². The van der Waals surface area contributed by atoms with E-state index >= 15 is 0 Å². The third-order valence-electron chi connectivity index (χ3n) is 7.22. The molecule has 0 radical (unpaired) electrons. The molecule has 0 saturated heterocycles. The molecule has 7 aromatic rings. The molecular formula is C36H25BrN2. The third-order valence-corrected chi connectivity index (χ3v) is 7.88. The number of aromatic nitrogens is 1. The van der Waals surface area contributed by atoms with Crippen LogP contribution < -0.4 is 4.90 Å². The Morgan fingerprint density at radius 1 is 0.462 bits per heavy atom. The molecule has 186 valence electrons. The molecule has 7 rings (SSSR count). The van der Waals surface area contributed by atoms with Crippen molar-refractivity contribution in [3.8, 4) is 16.8 Å². The minimum absolute atomic E-state index is 1.11. The maximum Gasteiger partial charge on any atom is 0.0552 e. The van der Waals surface area contributed by atoms with Gasteiger partial charge in [-0.15, -0.1) is 0 Å². The summed E-state index contributed by atoms with van der Waals surface area (Å²) in [5.41, 5.74) is 9.27. The normalized spacial score (nSPS) is 11.2. The molecule has 0 spiro atoms. The number of halogens is 1. The van der Waals surface area contributed by atoms with Gasteiger partial charge in [0.05, 0.1) is 11.0 Å². The first-order valence-electron chi connectivity index (χ1n) is 13.1. The van der Waals surface area contributed by atoms with Crippen molar-refractivity contribution < 1.29 is 0 Å². The Hall–Kier alpha value is -4.60. The lowest BCUT2D eigenvalue weighted by atomic mass is 10.0. The van der Waals surface area contributed by atoms with Gasteiger partial charge >= 0.3 is 0 Å². The summed E-state index contributed by atoms with van der Waals surface area (Å²) in [4.78, 5) is 2.30. The molecule has 0 aliphatic carbocycles. The molecule has 3 heteroatoms. The molecule has 6 aromatic carbocycles. The molecule has 39 heavy (non-hydrogen) atoms. The van der Waals surface area contributed by atoms with E-state index in [1.165, 1.54) is 32.9 Å². The Bertz CT molecular complexity index is 1880. The molecular weight excluding hydrogens is 540 g/mol. The molecule has 0 aliphatic heterocycles. The second-order valence-electron chi connectivity index (χ2n) is 9.59. The third kappa shape index (κ3) is 4.21. The van der Waals surface area contributed by atoms with Crippen LogP contribution in [0.15, 0.2) is 156 Å². The fraction of sp³-hybridized carbons (Fsp3) is 0. The van der Waals surface area contributed by atoms with Crippen LogP contribution in [0.5, 0.6) is 0 Å². The van der Waals surface area contributed by atoms with Crippen molar-refractivity contribution in [2.75, 3.05) is 4.90 Å². The zero-order chi connectivity index (χ0) is 26.2. The van der Waals surface area contributed by atoms with Crippen LogP contribution in [0.25, 0.3) is 38.6 Å². The Morgan fingerprint density at radius 2 is 1.03 bits per heavy atom. The number of anilines is 3. The number of hydrogen-bond donors (Lipinski definition) is 0. The molecule has 0 fully saturated rings. The molecule has 1 aromatic heterocycles. The summed E-state index contributed by atoms with van der Waals surface area (Å²) in [5, 5.41) is 2.48. The van der Waals surface area contributed by atoms with E-state index in [-0.39, 0.29) is 0 Å². The molecule has 0 atom stereocenters. The van der Waals surface area contributed by atoms with Gasteiger partial charge in [0.1, 0.15) is 0 Å². The fourth-order valence-corrected chi connectivity index (χ4v) is 6.07. The standard InChI is InChI=1S/C36H25BrN2/c37-33-21-11-23-35-36(33)32-20-7-8-22-34(32)39(35)31-19-10-13-27(25-31)26-12-9-18-30(24-26)38(28-14-3-1-4-15-28)29-16-5-2-6-17-29/h1-25H. The largest absolute Gasteiger partial charge is 0.310 e. The Kier molecular flexibility index (Phi) is 5.99. The molecule has 0 saturated carbocycles. The van der Waals surface area contributed by atoms with Crippen molar-refractivity contribution in [1.29, 1.82) is 0 Å². The number of benzene rings is 6. The first-order chi connectivity index (χ1) is 19.3. The second kappa shape index (κ2) is 9.94. The number of hydrogen-bond acceptors (Lipinski definition) is 1. The topological polar surface area (TPSA) is 8.17 Å². The van der Waals surface area contributed by atoms with E-state index < -0.39 is 0 Å². The lowest BCUT2D eigenvalue weighted by Gasteiger charge is -2.26. The minimum Gasteiger partial charge on any atom is -0.310 e. The van der Waals surface area contributed by atoms with Crippen LogP contribution in [0.4, 0.5) is 17.1 Å². The summed E-state index contributed by atoms with van der Waals surface area (Å²) in [6.45, 7) is 0. The van der Waals surface area contributed by atoms with Gasteiger partial charge in [0.25, 0.3) is 0 Å². The fourth-order valence-electron chi connectivity index (χ4n) is 5.50. The van der Waals surface area contributed by atoms with E-state index in [1.54, 1.807) is 0 Å². The van der Waals surface area contributed by atoms with E-state index in [1.807, 2.05) is 0 Å². The molecule has 0 amide bonds. The van der Waals surface area contributed by atoms with Gasteiger partial charge in [0.15, 0.2) is 0 Å². The van der Waals surface area contributed by atoms with Crippen LogP contribution >= 0.6 is 15.9 Å². The summed E-state index contributed by atoms with van der Waals surface area (Å²) in [7, 11) is 0. The lowest BCUT2D eigenvalue weighted by Crippen LogP contribution is -2.09. The van der Waals surface area contributed by atoms with Crippen molar-refractivity contribution in [3.05, 3.63) is 156 Å². The molecule has 0 N–H and O–H groups in total. The van der Waals surface area contributed by atoms with E-state index in [9.17, 15) is 0 Å². The van der Waals surface area contributed by atoms with Gasteiger partial charge in [0, 0.05) is 38.0 Å². The lowest BCUT2D eigenvalue weighted by molar-refractivity contribution is 1.18. The van der Waals surface area contributed by atoms with Gasteiger partial charge in [-0.3, -0.25) is 0 Å². The predicted molar refractivity (Wildman–Crippen MR) is 169 cm³/mol. The van der Waals surface area contributed by atoms with Gasteiger partial charge in [-0.25, -0.2) is 0 Å². The molecule has 0 bridgehead atoms. The molecule has 1 heterocycles. The zero-order valence-electron chi connectivity index (χ0n) is 21.2. The van der Waals surface area contributed by atoms with E-state index in [4.69, 9.17) is 0 Å². The second-order valence-corrected chi connectivity index (χ2v) is 10.4. The van der Waals surface area contributed by atoms with Crippen LogP contribution in [0.3, 0.4) is 0 Å². The highest BCUT2D eigenvalue weighted by Crippen LogP contribution is 2.39. The summed E-state index contributed by atoms with van der Waals surface area (Å²) in [6.07, 6.45) is 0. The Balaban J connectivity index is 1.37. The number of rotatable bonds is 5. The minimum atomic E-state index is 1.11. The van der Waals surface area contributed by atoms with Gasteiger partial charge in [-0.05, 0) is 77.9 Å². The monoisotopic (exact) mass is 564 g/mol. The predicted octanol–water partition coefficient (Wildman–Crippen LogP) is 10.7. The highest BCUT2D eigenvalue weighted by Gasteiger charge is 2.16. The van der Waals surface area contributed by atoms with Gasteiger partial charge in [-0.2, -0.15) is 0 Å². The maximum absolute atomic E-state index is 3.80. The summed E-state index contributed by atoms with van der Waals surface area (Å²) in [6, 6.07) is 53.8. The van der Waals surface area contributed by atoms with Crippen LogP contribution in [0.2, 0.25) is 0 Å². The van der Waals surface area contributed by atoms with Crippen LogP contribution in [-0.2, 0) is 0 Å².